The zero-order chi connectivity index (χ0) is 13.2. The molecule has 18 heavy (non-hydrogen) atoms. The molecule has 0 atom stereocenters. The Hall–Kier alpha value is -0.310. The van der Waals surface area contributed by atoms with Crippen LogP contribution < -0.4 is 0 Å². The number of likely N-dealkylation sites (tertiary alicyclic amines) is 1. The molecule has 1 aromatic heterocycles. The van der Waals surface area contributed by atoms with Gasteiger partial charge in [0, 0.05) is 13.1 Å². The fraction of sp³-hybridized carbons (Fsp3) is 0.643. The largest absolute Gasteiger partial charge is 0.297 e. The van der Waals surface area contributed by atoms with Gasteiger partial charge >= 0.3 is 0 Å². The van der Waals surface area contributed by atoms with Crippen LogP contribution in [0.15, 0.2) is 12.1 Å². The first-order valence-electron chi connectivity index (χ1n) is 6.62. The Labute approximate surface area is 119 Å². The van der Waals surface area contributed by atoms with Crippen LogP contribution >= 0.6 is 23.2 Å². The molecule has 0 aliphatic carbocycles. The third kappa shape index (κ3) is 2.98. The summed E-state index contributed by atoms with van der Waals surface area (Å²) in [7, 11) is 0. The molecule has 2 nitrogen and oxygen atoms in total. The molecule has 1 fully saturated rings. The summed E-state index contributed by atoms with van der Waals surface area (Å²) in [4.78, 5) is 6.77. The van der Waals surface area contributed by atoms with E-state index in [1.54, 1.807) is 6.07 Å². The molecule has 0 N–H and O–H groups in total. The summed E-state index contributed by atoms with van der Waals surface area (Å²) in [5.74, 6) is 0. The van der Waals surface area contributed by atoms with Crippen LogP contribution in [-0.4, -0.2) is 23.0 Å². The van der Waals surface area contributed by atoms with Crippen LogP contribution in [0.3, 0.4) is 0 Å². The zero-order valence-electron chi connectivity index (χ0n) is 11.0. The second kappa shape index (κ2) is 5.77. The molecular weight excluding hydrogens is 267 g/mol. The molecule has 100 valence electrons. The van der Waals surface area contributed by atoms with E-state index in [0.717, 1.165) is 25.3 Å². The Balaban J connectivity index is 2.05. The molecule has 1 saturated heterocycles. The molecule has 0 bridgehead atoms. The van der Waals surface area contributed by atoms with Crippen LogP contribution in [-0.2, 0) is 6.54 Å². The van der Waals surface area contributed by atoms with Crippen molar-refractivity contribution >= 4 is 23.2 Å². The zero-order valence-corrected chi connectivity index (χ0v) is 12.6. The van der Waals surface area contributed by atoms with E-state index in [1.165, 1.54) is 19.3 Å². The minimum Gasteiger partial charge on any atom is -0.297 e. The lowest BCUT2D eigenvalue weighted by Crippen LogP contribution is -2.26. The van der Waals surface area contributed by atoms with Gasteiger partial charge in [-0.25, -0.2) is 4.98 Å². The molecule has 1 aromatic rings. The number of aromatic nitrogens is 1. The van der Waals surface area contributed by atoms with E-state index in [1.807, 2.05) is 6.07 Å². The standard InChI is InChI=1S/C14H20Cl2N2/c1-3-14(4-2)7-8-18(10-14)9-12-11(15)5-6-13(16)17-12/h5-6H,3-4,7-10H2,1-2H3. The summed E-state index contributed by atoms with van der Waals surface area (Å²) >= 11 is 12.1. The molecule has 0 radical (unpaired) electrons. The molecule has 0 amide bonds. The molecule has 2 heterocycles. The van der Waals surface area contributed by atoms with Gasteiger partial charge in [-0.05, 0) is 43.4 Å². The molecule has 2 rings (SSSR count). The van der Waals surface area contributed by atoms with E-state index >= 15 is 0 Å². The Morgan fingerprint density at radius 1 is 1.28 bits per heavy atom. The summed E-state index contributed by atoms with van der Waals surface area (Å²) in [5.41, 5.74) is 1.39. The van der Waals surface area contributed by atoms with E-state index in [0.29, 0.717) is 15.6 Å². The summed E-state index contributed by atoms with van der Waals surface area (Å²) < 4.78 is 0. The van der Waals surface area contributed by atoms with Crippen LogP contribution in [0.1, 0.15) is 38.8 Å². The number of hydrogen-bond donors (Lipinski definition) is 0. The van der Waals surface area contributed by atoms with Crippen molar-refractivity contribution in [2.75, 3.05) is 13.1 Å². The van der Waals surface area contributed by atoms with Crippen LogP contribution in [0.4, 0.5) is 0 Å². The van der Waals surface area contributed by atoms with Gasteiger partial charge in [-0.2, -0.15) is 0 Å². The first kappa shape index (κ1) is 14.1. The monoisotopic (exact) mass is 286 g/mol. The van der Waals surface area contributed by atoms with Gasteiger partial charge in [0.15, 0.2) is 0 Å². The van der Waals surface area contributed by atoms with Crippen molar-refractivity contribution in [3.63, 3.8) is 0 Å². The average Bonchev–Trinajstić information content (AvgIpc) is 2.78. The molecule has 1 aliphatic heterocycles. The van der Waals surface area contributed by atoms with Crippen molar-refractivity contribution in [1.29, 1.82) is 0 Å². The average molecular weight is 287 g/mol. The fourth-order valence-electron chi connectivity index (χ4n) is 2.77. The summed E-state index contributed by atoms with van der Waals surface area (Å²) in [6.45, 7) is 7.66. The second-order valence-corrected chi connectivity index (χ2v) is 6.02. The Morgan fingerprint density at radius 2 is 2.00 bits per heavy atom. The molecule has 1 aliphatic rings. The van der Waals surface area contributed by atoms with Crippen LogP contribution in [0, 0.1) is 5.41 Å². The minimum absolute atomic E-state index is 0.491. The molecule has 0 unspecified atom stereocenters. The minimum atomic E-state index is 0.491. The quantitative estimate of drug-likeness (QED) is 0.763. The lowest BCUT2D eigenvalue weighted by molar-refractivity contribution is 0.235. The van der Waals surface area contributed by atoms with Crippen molar-refractivity contribution in [1.82, 2.24) is 9.88 Å². The van der Waals surface area contributed by atoms with E-state index in [-0.39, 0.29) is 0 Å². The van der Waals surface area contributed by atoms with Crippen molar-refractivity contribution in [3.05, 3.63) is 28.0 Å². The van der Waals surface area contributed by atoms with Gasteiger partial charge in [0.2, 0.25) is 0 Å². The van der Waals surface area contributed by atoms with E-state index in [4.69, 9.17) is 23.2 Å². The highest BCUT2D eigenvalue weighted by Gasteiger charge is 2.34. The van der Waals surface area contributed by atoms with Gasteiger partial charge in [0.1, 0.15) is 5.15 Å². The SMILES string of the molecule is CCC1(CC)CCN(Cc2nc(Cl)ccc2Cl)C1. The smallest absolute Gasteiger partial charge is 0.129 e. The van der Waals surface area contributed by atoms with Gasteiger partial charge in [-0.3, -0.25) is 4.90 Å². The summed E-state index contributed by atoms with van der Waals surface area (Å²) in [6, 6.07) is 3.56. The van der Waals surface area contributed by atoms with E-state index in [9.17, 15) is 0 Å². The second-order valence-electron chi connectivity index (χ2n) is 5.23. The van der Waals surface area contributed by atoms with Crippen molar-refractivity contribution in [2.24, 2.45) is 5.41 Å². The Bertz CT molecular complexity index is 416. The predicted molar refractivity (Wildman–Crippen MR) is 77.2 cm³/mol. The number of hydrogen-bond acceptors (Lipinski definition) is 2. The molecule has 0 spiro atoms. The highest BCUT2D eigenvalue weighted by atomic mass is 35.5. The van der Waals surface area contributed by atoms with Crippen LogP contribution in [0.25, 0.3) is 0 Å². The topological polar surface area (TPSA) is 16.1 Å². The van der Waals surface area contributed by atoms with Crippen molar-refractivity contribution < 1.29 is 0 Å². The molecular formula is C14H20Cl2N2. The number of rotatable bonds is 4. The Morgan fingerprint density at radius 3 is 2.61 bits per heavy atom. The van der Waals surface area contributed by atoms with Crippen LogP contribution in [0.2, 0.25) is 10.2 Å². The highest BCUT2D eigenvalue weighted by molar-refractivity contribution is 6.32. The van der Waals surface area contributed by atoms with Gasteiger partial charge < -0.3 is 0 Å². The lowest BCUT2D eigenvalue weighted by Gasteiger charge is -2.26. The van der Waals surface area contributed by atoms with Gasteiger partial charge in [0.25, 0.3) is 0 Å². The van der Waals surface area contributed by atoms with E-state index < -0.39 is 0 Å². The van der Waals surface area contributed by atoms with Gasteiger partial charge in [-0.1, -0.05) is 37.0 Å². The number of halogens is 2. The fourth-order valence-corrected chi connectivity index (χ4v) is 3.10. The lowest BCUT2D eigenvalue weighted by atomic mass is 9.82. The maximum Gasteiger partial charge on any atom is 0.129 e. The molecule has 0 aromatic carbocycles. The summed E-state index contributed by atoms with van der Waals surface area (Å²) in [5, 5.41) is 1.23. The molecule has 0 saturated carbocycles. The normalized spacial score (nSPS) is 19.3. The summed E-state index contributed by atoms with van der Waals surface area (Å²) in [6.07, 6.45) is 3.77. The number of pyridine rings is 1. The molecule has 4 heteroatoms. The predicted octanol–water partition coefficient (Wildman–Crippen LogP) is 4.40. The van der Waals surface area contributed by atoms with Gasteiger partial charge in [0.05, 0.1) is 10.7 Å². The third-order valence-corrected chi connectivity index (χ3v) is 4.83. The van der Waals surface area contributed by atoms with Gasteiger partial charge in [-0.15, -0.1) is 0 Å². The number of nitrogens with zero attached hydrogens (tertiary/aromatic N) is 2. The maximum atomic E-state index is 6.17. The first-order chi connectivity index (χ1) is 8.58. The maximum absolute atomic E-state index is 6.17. The van der Waals surface area contributed by atoms with Crippen LogP contribution in [0.5, 0.6) is 0 Å². The van der Waals surface area contributed by atoms with Crippen molar-refractivity contribution in [3.8, 4) is 0 Å². The third-order valence-electron chi connectivity index (χ3n) is 4.28. The van der Waals surface area contributed by atoms with Crippen molar-refractivity contribution in [2.45, 2.75) is 39.7 Å². The Kier molecular flexibility index (Phi) is 4.52. The first-order valence-corrected chi connectivity index (χ1v) is 7.37. The van der Waals surface area contributed by atoms with E-state index in [2.05, 4.69) is 23.7 Å². The highest BCUT2D eigenvalue weighted by Crippen LogP contribution is 2.37.